The van der Waals surface area contributed by atoms with Crippen LogP contribution in [-0.4, -0.2) is 33.3 Å². The molecule has 0 saturated carbocycles. The fraction of sp³-hybridized carbons (Fsp3) is 0.526. The Bertz CT molecular complexity index is 570. The van der Waals surface area contributed by atoms with Gasteiger partial charge in [-0.2, -0.15) is 0 Å². The summed E-state index contributed by atoms with van der Waals surface area (Å²) in [6.45, 7) is 2.97. The smallest absolute Gasteiger partial charge is 0.223 e. The number of allylic oxidation sites excluding steroid dienone is 2. The predicted octanol–water partition coefficient (Wildman–Crippen LogP) is 3.25. The van der Waals surface area contributed by atoms with Crippen LogP contribution < -0.4 is 14.8 Å². The molecule has 0 radical (unpaired) electrons. The summed E-state index contributed by atoms with van der Waals surface area (Å²) in [5.74, 6) is 1.53. The van der Waals surface area contributed by atoms with Gasteiger partial charge in [-0.05, 0) is 43.9 Å². The molecule has 5 heteroatoms. The molecule has 24 heavy (non-hydrogen) atoms. The maximum atomic E-state index is 12.4. The molecule has 1 aliphatic carbocycles. The topological polar surface area (TPSA) is 56.8 Å². The van der Waals surface area contributed by atoms with Gasteiger partial charge >= 0.3 is 0 Å². The monoisotopic (exact) mass is 333 g/mol. The van der Waals surface area contributed by atoms with E-state index in [1.165, 1.54) is 0 Å². The minimum atomic E-state index is -0.0784. The molecule has 1 amide bonds. The number of nitrogens with one attached hydrogen (secondary N) is 1. The minimum absolute atomic E-state index is 0.0784. The number of benzene rings is 1. The molecule has 1 aliphatic rings. The molecule has 1 N–H and O–H groups in total. The second kappa shape index (κ2) is 9.33. The number of hydrogen-bond acceptors (Lipinski definition) is 4. The summed E-state index contributed by atoms with van der Waals surface area (Å²) in [7, 11) is 3.25. The van der Waals surface area contributed by atoms with Gasteiger partial charge in [0, 0.05) is 13.0 Å². The van der Waals surface area contributed by atoms with Gasteiger partial charge in [-0.3, -0.25) is 4.79 Å². The van der Waals surface area contributed by atoms with Crippen molar-refractivity contribution in [2.24, 2.45) is 5.92 Å². The van der Waals surface area contributed by atoms with Crippen molar-refractivity contribution in [1.29, 1.82) is 0 Å². The highest BCUT2D eigenvalue weighted by atomic mass is 16.5. The molecular weight excluding hydrogens is 306 g/mol. The fourth-order valence-corrected chi connectivity index (χ4v) is 2.75. The van der Waals surface area contributed by atoms with Crippen LogP contribution in [0.4, 0.5) is 0 Å². The summed E-state index contributed by atoms with van der Waals surface area (Å²) in [6, 6.07) is 5.66. The third kappa shape index (κ3) is 4.99. The summed E-state index contributed by atoms with van der Waals surface area (Å²) in [4.78, 5) is 12.4. The Labute approximate surface area is 144 Å². The quantitative estimate of drug-likeness (QED) is 0.586. The van der Waals surface area contributed by atoms with Crippen LogP contribution in [0, 0.1) is 5.92 Å². The lowest BCUT2D eigenvalue weighted by Crippen LogP contribution is -2.33. The summed E-state index contributed by atoms with van der Waals surface area (Å²) >= 11 is 0. The fourth-order valence-electron chi connectivity index (χ4n) is 2.75. The molecule has 0 bridgehead atoms. The summed E-state index contributed by atoms with van der Waals surface area (Å²) < 4.78 is 16.0. The molecule has 0 aromatic heterocycles. The van der Waals surface area contributed by atoms with Crippen molar-refractivity contribution in [2.75, 3.05) is 27.4 Å². The molecule has 1 aromatic carbocycles. The zero-order chi connectivity index (χ0) is 17.4. The Morgan fingerprint density at radius 3 is 2.75 bits per heavy atom. The van der Waals surface area contributed by atoms with Crippen LogP contribution in [-0.2, 0) is 9.53 Å². The van der Waals surface area contributed by atoms with Gasteiger partial charge in [0.15, 0.2) is 11.5 Å². The van der Waals surface area contributed by atoms with Crippen LogP contribution in [0.5, 0.6) is 11.5 Å². The molecule has 0 saturated heterocycles. The number of amides is 1. The van der Waals surface area contributed by atoms with E-state index in [0.717, 1.165) is 24.8 Å². The molecule has 0 aliphatic heterocycles. The van der Waals surface area contributed by atoms with Gasteiger partial charge < -0.3 is 19.5 Å². The van der Waals surface area contributed by atoms with E-state index in [-0.39, 0.29) is 17.9 Å². The highest BCUT2D eigenvalue weighted by molar-refractivity contribution is 5.79. The van der Waals surface area contributed by atoms with Gasteiger partial charge in [0.2, 0.25) is 5.91 Å². The van der Waals surface area contributed by atoms with Gasteiger partial charge in [0.1, 0.15) is 6.61 Å². The largest absolute Gasteiger partial charge is 0.493 e. The van der Waals surface area contributed by atoms with Crippen molar-refractivity contribution in [1.82, 2.24) is 5.32 Å². The Hall–Kier alpha value is -2.01. The lowest BCUT2D eigenvalue weighted by Gasteiger charge is -2.22. The van der Waals surface area contributed by atoms with Crippen LogP contribution in [0.3, 0.4) is 0 Å². The van der Waals surface area contributed by atoms with Crippen LogP contribution in [0.15, 0.2) is 30.4 Å². The van der Waals surface area contributed by atoms with E-state index >= 15 is 0 Å². The Morgan fingerprint density at radius 2 is 2.08 bits per heavy atom. The molecule has 0 fully saturated rings. The SMILES string of the molecule is COCCOc1ccc([C@@H](C)NC(=O)[C@@H]2CC=CCC2)cc1OC. The first-order valence-corrected chi connectivity index (χ1v) is 8.40. The Morgan fingerprint density at radius 1 is 1.25 bits per heavy atom. The Balaban J connectivity index is 1.99. The molecule has 0 spiro atoms. The van der Waals surface area contributed by atoms with Crippen LogP contribution in [0.1, 0.15) is 37.8 Å². The van der Waals surface area contributed by atoms with E-state index in [0.29, 0.717) is 24.7 Å². The third-order valence-electron chi connectivity index (χ3n) is 4.23. The average molecular weight is 333 g/mol. The summed E-state index contributed by atoms with van der Waals surface area (Å²) in [6.07, 6.45) is 6.96. The second-order valence-electron chi connectivity index (χ2n) is 5.96. The Kier molecular flexibility index (Phi) is 7.12. The van der Waals surface area contributed by atoms with Gasteiger partial charge in [-0.15, -0.1) is 0 Å². The van der Waals surface area contributed by atoms with E-state index in [1.54, 1.807) is 14.2 Å². The van der Waals surface area contributed by atoms with E-state index in [1.807, 2.05) is 25.1 Å². The molecule has 1 aromatic rings. The van der Waals surface area contributed by atoms with Crippen molar-refractivity contribution in [2.45, 2.75) is 32.2 Å². The minimum Gasteiger partial charge on any atom is -0.493 e. The van der Waals surface area contributed by atoms with E-state index in [4.69, 9.17) is 14.2 Å². The molecule has 2 atom stereocenters. The van der Waals surface area contributed by atoms with Gasteiger partial charge in [-0.25, -0.2) is 0 Å². The average Bonchev–Trinajstić information content (AvgIpc) is 2.62. The van der Waals surface area contributed by atoms with Crippen LogP contribution >= 0.6 is 0 Å². The second-order valence-corrected chi connectivity index (χ2v) is 5.96. The highest BCUT2D eigenvalue weighted by Gasteiger charge is 2.21. The zero-order valence-electron chi connectivity index (χ0n) is 14.7. The van der Waals surface area contributed by atoms with Gasteiger partial charge in [-0.1, -0.05) is 18.2 Å². The van der Waals surface area contributed by atoms with E-state index < -0.39 is 0 Å². The standard InChI is InChI=1S/C19H27NO4/c1-14(20-19(21)15-7-5-4-6-8-15)16-9-10-17(18(13-16)23-3)24-12-11-22-2/h4-5,9-10,13-15H,6-8,11-12H2,1-3H3,(H,20,21)/t14-,15-/m1/s1. The molecule has 132 valence electrons. The maximum absolute atomic E-state index is 12.4. The molecule has 0 heterocycles. The number of methoxy groups -OCH3 is 2. The first-order chi connectivity index (χ1) is 11.7. The number of ether oxygens (including phenoxy) is 3. The summed E-state index contributed by atoms with van der Waals surface area (Å²) in [5.41, 5.74) is 0.991. The first kappa shape index (κ1) is 18.3. The zero-order valence-corrected chi connectivity index (χ0v) is 14.7. The van der Waals surface area contributed by atoms with Gasteiger partial charge in [0.05, 0.1) is 19.8 Å². The number of carbonyl (C=O) groups excluding carboxylic acids is 1. The van der Waals surface area contributed by atoms with Crippen LogP contribution in [0.25, 0.3) is 0 Å². The normalized spacial score (nSPS) is 18.0. The van der Waals surface area contributed by atoms with Crippen molar-refractivity contribution in [3.8, 4) is 11.5 Å². The van der Waals surface area contributed by atoms with E-state index in [2.05, 4.69) is 17.5 Å². The molecule has 0 unspecified atom stereocenters. The highest BCUT2D eigenvalue weighted by Crippen LogP contribution is 2.30. The number of hydrogen-bond donors (Lipinski definition) is 1. The van der Waals surface area contributed by atoms with Crippen molar-refractivity contribution < 1.29 is 19.0 Å². The van der Waals surface area contributed by atoms with E-state index in [9.17, 15) is 4.79 Å². The number of carbonyl (C=O) groups is 1. The maximum Gasteiger partial charge on any atom is 0.223 e. The third-order valence-corrected chi connectivity index (χ3v) is 4.23. The summed E-state index contributed by atoms with van der Waals surface area (Å²) in [5, 5.41) is 3.10. The lowest BCUT2D eigenvalue weighted by atomic mass is 9.93. The van der Waals surface area contributed by atoms with Crippen molar-refractivity contribution >= 4 is 5.91 Å². The number of rotatable bonds is 8. The first-order valence-electron chi connectivity index (χ1n) is 8.40. The molecular formula is C19H27NO4. The van der Waals surface area contributed by atoms with Crippen LogP contribution in [0.2, 0.25) is 0 Å². The van der Waals surface area contributed by atoms with Gasteiger partial charge in [0.25, 0.3) is 0 Å². The lowest BCUT2D eigenvalue weighted by molar-refractivity contribution is -0.125. The molecule has 2 rings (SSSR count). The van der Waals surface area contributed by atoms with Crippen molar-refractivity contribution in [3.05, 3.63) is 35.9 Å². The van der Waals surface area contributed by atoms with Crippen molar-refractivity contribution in [3.63, 3.8) is 0 Å². The predicted molar refractivity (Wildman–Crippen MR) is 93.4 cm³/mol. The molecule has 5 nitrogen and oxygen atoms in total.